The molecule has 0 bridgehead atoms. The average molecular weight is 143 g/mol. The van der Waals surface area contributed by atoms with E-state index >= 15 is 0 Å². The van der Waals surface area contributed by atoms with Gasteiger partial charge in [0.15, 0.2) is 0 Å². The molecule has 1 aromatic heterocycles. The molecule has 5 nitrogen and oxygen atoms in total. The van der Waals surface area contributed by atoms with E-state index in [1.54, 1.807) is 0 Å². The molecule has 1 aromatic rings. The van der Waals surface area contributed by atoms with Gasteiger partial charge in [0.2, 0.25) is 0 Å². The van der Waals surface area contributed by atoms with Crippen molar-refractivity contribution in [2.24, 2.45) is 0 Å². The van der Waals surface area contributed by atoms with Crippen LogP contribution in [0.15, 0.2) is 10.7 Å². The van der Waals surface area contributed by atoms with Crippen molar-refractivity contribution in [1.82, 2.24) is 4.98 Å². The van der Waals surface area contributed by atoms with Crippen LogP contribution in [-0.4, -0.2) is 21.2 Å². The van der Waals surface area contributed by atoms with Gasteiger partial charge >= 0.3 is 11.9 Å². The molecule has 0 aliphatic rings. The predicted molar refractivity (Wildman–Crippen MR) is 29.4 cm³/mol. The number of rotatable bonds is 2. The molecular formula is C5H5NO4. The highest BCUT2D eigenvalue weighted by Gasteiger charge is 2.09. The van der Waals surface area contributed by atoms with Crippen LogP contribution in [0.4, 0.5) is 0 Å². The highest BCUT2D eigenvalue weighted by Crippen LogP contribution is 2.00. The van der Waals surface area contributed by atoms with E-state index in [1.165, 1.54) is 0 Å². The first-order valence-electron chi connectivity index (χ1n) is 2.52. The number of carboxylic acids is 1. The molecule has 0 aliphatic heterocycles. The third-order valence-electron chi connectivity index (χ3n) is 0.897. The third-order valence-corrected chi connectivity index (χ3v) is 0.897. The molecule has 0 spiro atoms. The van der Waals surface area contributed by atoms with Gasteiger partial charge in [0.25, 0.3) is 0 Å². The van der Waals surface area contributed by atoms with Crippen LogP contribution in [0.25, 0.3) is 0 Å². The Bertz CT molecular complexity index is 242. The largest absolute Gasteiger partial charge is 0.474 e. The Morgan fingerprint density at radius 1 is 1.80 bits per heavy atom. The van der Waals surface area contributed by atoms with E-state index < -0.39 is 11.9 Å². The molecule has 0 unspecified atom stereocenters. The molecule has 5 heteroatoms. The Labute approximate surface area is 55.9 Å². The van der Waals surface area contributed by atoms with Crippen LogP contribution in [0, 0.1) is 0 Å². The maximum Gasteiger partial charge on any atom is 0.392 e. The molecule has 0 saturated carbocycles. The number of carboxylic acid groups (broad SMARTS) is 1. The summed E-state index contributed by atoms with van der Waals surface area (Å²) in [5.41, 5.74) is 0.220. The predicted octanol–water partition coefficient (Wildman–Crippen LogP) is -0.135. The zero-order chi connectivity index (χ0) is 7.56. The molecule has 0 radical (unpaired) electrons. The van der Waals surface area contributed by atoms with E-state index in [0.29, 0.717) is 0 Å². The van der Waals surface area contributed by atoms with Crippen LogP contribution in [-0.2, 0) is 6.61 Å². The lowest BCUT2D eigenvalue weighted by Gasteiger charge is -1.79. The molecular weight excluding hydrogens is 138 g/mol. The van der Waals surface area contributed by atoms with Gasteiger partial charge in [-0.05, 0) is 0 Å². The lowest BCUT2D eigenvalue weighted by atomic mass is 10.5. The molecule has 54 valence electrons. The summed E-state index contributed by atoms with van der Waals surface area (Å²) in [6, 6.07) is 0. The fourth-order valence-electron chi connectivity index (χ4n) is 0.478. The van der Waals surface area contributed by atoms with Crippen molar-refractivity contribution in [3.05, 3.63) is 17.8 Å². The van der Waals surface area contributed by atoms with Crippen LogP contribution in [0.1, 0.15) is 16.4 Å². The molecule has 1 heterocycles. The molecule has 2 N–H and O–H groups in total. The van der Waals surface area contributed by atoms with Crippen molar-refractivity contribution >= 4 is 5.97 Å². The maximum atomic E-state index is 10.1. The maximum absolute atomic E-state index is 10.1. The Morgan fingerprint density at radius 2 is 2.50 bits per heavy atom. The highest BCUT2D eigenvalue weighted by atomic mass is 16.4. The lowest BCUT2D eigenvalue weighted by molar-refractivity contribution is 0.0653. The van der Waals surface area contributed by atoms with Crippen molar-refractivity contribution < 1.29 is 19.4 Å². The first-order chi connectivity index (χ1) is 4.74. The summed E-state index contributed by atoms with van der Waals surface area (Å²) >= 11 is 0. The van der Waals surface area contributed by atoms with E-state index in [1.807, 2.05) is 0 Å². The standard InChI is InChI=1S/C5H5NO4/c7-1-3-2-10-4(6-3)5(8)9/h2,7H,1H2,(H,8,9). The summed E-state index contributed by atoms with van der Waals surface area (Å²) in [7, 11) is 0. The van der Waals surface area contributed by atoms with Gasteiger partial charge in [-0.15, -0.1) is 0 Å². The average Bonchev–Trinajstić information content (AvgIpc) is 2.34. The topological polar surface area (TPSA) is 83.6 Å². The molecule has 1 rings (SSSR count). The second-order valence-corrected chi connectivity index (χ2v) is 1.61. The zero-order valence-corrected chi connectivity index (χ0v) is 4.94. The zero-order valence-electron chi connectivity index (χ0n) is 4.94. The number of aromatic carboxylic acids is 1. The van der Waals surface area contributed by atoms with Crippen LogP contribution in [0.2, 0.25) is 0 Å². The van der Waals surface area contributed by atoms with E-state index in [9.17, 15) is 4.79 Å². The number of nitrogens with zero attached hydrogens (tertiary/aromatic N) is 1. The Morgan fingerprint density at radius 3 is 2.80 bits per heavy atom. The SMILES string of the molecule is O=C(O)c1nc(CO)co1. The minimum absolute atomic E-state index is 0.220. The number of aliphatic hydroxyl groups is 1. The number of aromatic nitrogens is 1. The quantitative estimate of drug-likeness (QED) is 0.602. The van der Waals surface area contributed by atoms with Gasteiger partial charge in [0.1, 0.15) is 12.0 Å². The smallest absolute Gasteiger partial charge is 0.392 e. The van der Waals surface area contributed by atoms with Crippen LogP contribution in [0.3, 0.4) is 0 Å². The van der Waals surface area contributed by atoms with Gasteiger partial charge in [-0.25, -0.2) is 9.78 Å². The minimum atomic E-state index is -1.24. The van der Waals surface area contributed by atoms with Crippen molar-refractivity contribution in [3.63, 3.8) is 0 Å². The number of hydrogen-bond donors (Lipinski definition) is 2. The van der Waals surface area contributed by atoms with Crippen LogP contribution < -0.4 is 0 Å². The Kier molecular flexibility index (Phi) is 1.68. The first-order valence-corrected chi connectivity index (χ1v) is 2.52. The summed E-state index contributed by atoms with van der Waals surface area (Å²) in [5.74, 6) is -1.64. The van der Waals surface area contributed by atoms with E-state index in [4.69, 9.17) is 10.2 Å². The van der Waals surface area contributed by atoms with E-state index in [2.05, 4.69) is 9.40 Å². The van der Waals surface area contributed by atoms with Crippen LogP contribution in [0.5, 0.6) is 0 Å². The normalized spacial score (nSPS) is 9.70. The summed E-state index contributed by atoms with van der Waals surface area (Å²) in [5, 5.41) is 16.7. The second-order valence-electron chi connectivity index (χ2n) is 1.61. The summed E-state index contributed by atoms with van der Waals surface area (Å²) in [6.07, 6.45) is 1.10. The van der Waals surface area contributed by atoms with Gasteiger partial charge < -0.3 is 14.6 Å². The van der Waals surface area contributed by atoms with Crippen molar-refractivity contribution in [1.29, 1.82) is 0 Å². The molecule has 10 heavy (non-hydrogen) atoms. The number of aliphatic hydroxyl groups excluding tert-OH is 1. The summed E-state index contributed by atoms with van der Waals surface area (Å²) in [6.45, 7) is -0.309. The fourth-order valence-corrected chi connectivity index (χ4v) is 0.478. The lowest BCUT2D eigenvalue weighted by Crippen LogP contribution is -1.96. The van der Waals surface area contributed by atoms with Crippen LogP contribution >= 0.6 is 0 Å². The fraction of sp³-hybridized carbons (Fsp3) is 0.200. The molecule has 0 amide bonds. The molecule has 0 atom stereocenters. The Hall–Kier alpha value is -1.36. The third kappa shape index (κ3) is 1.14. The van der Waals surface area contributed by atoms with Gasteiger partial charge in [-0.2, -0.15) is 0 Å². The second kappa shape index (κ2) is 2.49. The monoisotopic (exact) mass is 143 g/mol. The molecule has 0 fully saturated rings. The highest BCUT2D eigenvalue weighted by molar-refractivity contribution is 5.81. The van der Waals surface area contributed by atoms with Gasteiger partial charge in [0.05, 0.1) is 6.61 Å². The van der Waals surface area contributed by atoms with Crippen molar-refractivity contribution in [3.8, 4) is 0 Å². The first kappa shape index (κ1) is 6.76. The summed E-state index contributed by atoms with van der Waals surface area (Å²) < 4.78 is 4.45. The molecule has 0 aromatic carbocycles. The number of carbonyl (C=O) groups is 1. The van der Waals surface area contributed by atoms with E-state index in [0.717, 1.165) is 6.26 Å². The Balaban J connectivity index is 2.88. The van der Waals surface area contributed by atoms with E-state index in [-0.39, 0.29) is 12.3 Å². The number of hydrogen-bond acceptors (Lipinski definition) is 4. The van der Waals surface area contributed by atoms with Gasteiger partial charge in [0, 0.05) is 0 Å². The summed E-state index contributed by atoms with van der Waals surface area (Å²) in [4.78, 5) is 13.5. The van der Waals surface area contributed by atoms with Gasteiger partial charge in [-0.1, -0.05) is 0 Å². The molecule has 0 saturated heterocycles. The van der Waals surface area contributed by atoms with Crippen molar-refractivity contribution in [2.75, 3.05) is 0 Å². The van der Waals surface area contributed by atoms with Gasteiger partial charge in [-0.3, -0.25) is 0 Å². The number of oxazole rings is 1. The molecule has 0 aliphatic carbocycles. The minimum Gasteiger partial charge on any atom is -0.474 e. The van der Waals surface area contributed by atoms with Crippen molar-refractivity contribution in [2.45, 2.75) is 6.61 Å².